The molecule has 1 aliphatic rings. The third-order valence-corrected chi connectivity index (χ3v) is 3.71. The molecular formula is C16H16ClN3O3. The standard InChI is InChI=1S/C16H16ClN3O3/c17-14-8-11(15(21)20-12-2-1-5-18-10-12)9-19-16(14)23-13-3-6-22-7-4-13/h1-2,5,8-10,13H,3-4,6-7H2,(H,20,21). The Labute approximate surface area is 138 Å². The van der Waals surface area contributed by atoms with Gasteiger partial charge in [0.15, 0.2) is 0 Å². The molecule has 1 saturated heterocycles. The Balaban J connectivity index is 1.67. The number of hydrogen-bond donors (Lipinski definition) is 1. The fourth-order valence-corrected chi connectivity index (χ4v) is 2.44. The van der Waals surface area contributed by atoms with Crippen molar-refractivity contribution in [3.8, 4) is 5.88 Å². The van der Waals surface area contributed by atoms with Crippen LogP contribution in [0.15, 0.2) is 36.8 Å². The highest BCUT2D eigenvalue weighted by Crippen LogP contribution is 2.25. The lowest BCUT2D eigenvalue weighted by atomic mass is 10.1. The van der Waals surface area contributed by atoms with Gasteiger partial charge in [-0.05, 0) is 18.2 Å². The Kier molecular flexibility index (Phi) is 5.05. The fraction of sp³-hybridized carbons (Fsp3) is 0.312. The number of halogens is 1. The van der Waals surface area contributed by atoms with Gasteiger partial charge in [-0.3, -0.25) is 9.78 Å². The molecule has 0 atom stereocenters. The molecule has 0 saturated carbocycles. The molecule has 0 aliphatic carbocycles. The van der Waals surface area contributed by atoms with Crippen LogP contribution >= 0.6 is 11.6 Å². The van der Waals surface area contributed by atoms with Crippen LogP contribution in [0.3, 0.4) is 0 Å². The van der Waals surface area contributed by atoms with E-state index in [1.165, 1.54) is 6.20 Å². The minimum atomic E-state index is -0.301. The number of hydrogen-bond acceptors (Lipinski definition) is 5. The monoisotopic (exact) mass is 333 g/mol. The van der Waals surface area contributed by atoms with Crippen LogP contribution in [0.2, 0.25) is 5.02 Å². The summed E-state index contributed by atoms with van der Waals surface area (Å²) in [6, 6.07) is 5.04. The summed E-state index contributed by atoms with van der Waals surface area (Å²) >= 11 is 6.18. The van der Waals surface area contributed by atoms with Crippen molar-refractivity contribution in [2.75, 3.05) is 18.5 Å². The van der Waals surface area contributed by atoms with Crippen molar-refractivity contribution in [1.29, 1.82) is 0 Å². The highest BCUT2D eigenvalue weighted by atomic mass is 35.5. The molecule has 2 aromatic rings. The van der Waals surface area contributed by atoms with Gasteiger partial charge in [0, 0.05) is 25.2 Å². The summed E-state index contributed by atoms with van der Waals surface area (Å²) in [5.74, 6) is 0.0431. The minimum absolute atomic E-state index is 0.0452. The molecule has 6 nitrogen and oxygen atoms in total. The molecule has 0 radical (unpaired) electrons. The molecule has 23 heavy (non-hydrogen) atoms. The summed E-state index contributed by atoms with van der Waals surface area (Å²) in [6.07, 6.45) is 6.31. The first-order valence-corrected chi connectivity index (χ1v) is 7.71. The minimum Gasteiger partial charge on any atom is -0.473 e. The Morgan fingerprint density at radius 2 is 2.17 bits per heavy atom. The number of aromatic nitrogens is 2. The van der Waals surface area contributed by atoms with E-state index in [2.05, 4.69) is 15.3 Å². The second-order valence-electron chi connectivity index (χ2n) is 5.14. The number of rotatable bonds is 4. The van der Waals surface area contributed by atoms with Gasteiger partial charge in [0.25, 0.3) is 5.91 Å². The normalized spacial score (nSPS) is 15.2. The molecule has 1 amide bonds. The molecule has 3 heterocycles. The van der Waals surface area contributed by atoms with Gasteiger partial charge in [0.1, 0.15) is 11.1 Å². The number of anilines is 1. The van der Waals surface area contributed by atoms with Crippen LogP contribution < -0.4 is 10.1 Å². The average Bonchev–Trinajstić information content (AvgIpc) is 2.58. The van der Waals surface area contributed by atoms with Crippen molar-refractivity contribution in [2.24, 2.45) is 0 Å². The highest BCUT2D eigenvalue weighted by Gasteiger charge is 2.18. The number of pyridine rings is 2. The number of ether oxygens (including phenoxy) is 2. The van der Waals surface area contributed by atoms with Crippen molar-refractivity contribution in [3.05, 3.63) is 47.4 Å². The van der Waals surface area contributed by atoms with E-state index in [4.69, 9.17) is 21.1 Å². The third kappa shape index (κ3) is 4.18. The summed E-state index contributed by atoms with van der Waals surface area (Å²) in [7, 11) is 0. The van der Waals surface area contributed by atoms with Crippen molar-refractivity contribution in [3.63, 3.8) is 0 Å². The van der Waals surface area contributed by atoms with E-state index >= 15 is 0 Å². The van der Waals surface area contributed by atoms with Crippen LogP contribution in [-0.2, 0) is 4.74 Å². The summed E-state index contributed by atoms with van der Waals surface area (Å²) in [4.78, 5) is 20.3. The van der Waals surface area contributed by atoms with E-state index in [9.17, 15) is 4.79 Å². The van der Waals surface area contributed by atoms with Crippen LogP contribution in [0.4, 0.5) is 5.69 Å². The summed E-state index contributed by atoms with van der Waals surface area (Å²) in [5, 5.41) is 3.04. The van der Waals surface area contributed by atoms with E-state index in [0.717, 1.165) is 12.8 Å². The molecule has 0 spiro atoms. The largest absolute Gasteiger partial charge is 0.473 e. The smallest absolute Gasteiger partial charge is 0.257 e. The first kappa shape index (κ1) is 15.7. The van der Waals surface area contributed by atoms with Crippen LogP contribution in [0.5, 0.6) is 5.88 Å². The molecule has 1 aliphatic heterocycles. The summed E-state index contributed by atoms with van der Waals surface area (Å²) < 4.78 is 11.1. The molecule has 0 bridgehead atoms. The highest BCUT2D eigenvalue weighted by molar-refractivity contribution is 6.32. The average molecular weight is 334 g/mol. The zero-order valence-electron chi connectivity index (χ0n) is 12.4. The lowest BCUT2D eigenvalue weighted by Gasteiger charge is -2.23. The molecule has 7 heteroatoms. The van der Waals surface area contributed by atoms with Gasteiger partial charge in [-0.25, -0.2) is 4.98 Å². The van der Waals surface area contributed by atoms with Crippen LogP contribution in [0.1, 0.15) is 23.2 Å². The third-order valence-electron chi connectivity index (χ3n) is 3.44. The first-order valence-electron chi connectivity index (χ1n) is 7.34. The van der Waals surface area contributed by atoms with E-state index in [0.29, 0.717) is 35.4 Å². The molecule has 120 valence electrons. The maximum atomic E-state index is 12.2. The van der Waals surface area contributed by atoms with Crippen LogP contribution in [-0.4, -0.2) is 35.2 Å². The van der Waals surface area contributed by atoms with E-state index in [-0.39, 0.29) is 12.0 Å². The second kappa shape index (κ2) is 7.39. The quantitative estimate of drug-likeness (QED) is 0.931. The van der Waals surface area contributed by atoms with Gasteiger partial charge < -0.3 is 14.8 Å². The maximum Gasteiger partial charge on any atom is 0.257 e. The number of carbonyl (C=O) groups excluding carboxylic acids is 1. The van der Waals surface area contributed by atoms with Gasteiger partial charge >= 0.3 is 0 Å². The van der Waals surface area contributed by atoms with E-state index in [1.54, 1.807) is 30.6 Å². The number of amides is 1. The molecule has 1 N–H and O–H groups in total. The van der Waals surface area contributed by atoms with Crippen molar-refractivity contribution >= 4 is 23.2 Å². The Morgan fingerprint density at radius 3 is 2.87 bits per heavy atom. The van der Waals surface area contributed by atoms with Crippen molar-refractivity contribution in [1.82, 2.24) is 9.97 Å². The Hall–Kier alpha value is -2.18. The predicted octanol–water partition coefficient (Wildman–Crippen LogP) is 2.94. The molecule has 2 aromatic heterocycles. The van der Waals surface area contributed by atoms with Gasteiger partial charge in [0.2, 0.25) is 5.88 Å². The lowest BCUT2D eigenvalue weighted by Crippen LogP contribution is -2.26. The van der Waals surface area contributed by atoms with Gasteiger partial charge in [-0.15, -0.1) is 0 Å². The van der Waals surface area contributed by atoms with Gasteiger partial charge in [-0.2, -0.15) is 0 Å². The Morgan fingerprint density at radius 1 is 1.35 bits per heavy atom. The fourth-order valence-electron chi connectivity index (χ4n) is 2.23. The first-order chi connectivity index (χ1) is 11.2. The van der Waals surface area contributed by atoms with Crippen LogP contribution in [0.25, 0.3) is 0 Å². The van der Waals surface area contributed by atoms with Gasteiger partial charge in [-0.1, -0.05) is 11.6 Å². The maximum absolute atomic E-state index is 12.2. The molecular weight excluding hydrogens is 318 g/mol. The van der Waals surface area contributed by atoms with Crippen molar-refractivity contribution in [2.45, 2.75) is 18.9 Å². The molecule has 0 aromatic carbocycles. The summed E-state index contributed by atoms with van der Waals surface area (Å²) in [6.45, 7) is 1.35. The molecule has 0 unspecified atom stereocenters. The number of carbonyl (C=O) groups is 1. The van der Waals surface area contributed by atoms with Gasteiger partial charge in [0.05, 0.1) is 30.7 Å². The van der Waals surface area contributed by atoms with E-state index < -0.39 is 0 Å². The molecule has 3 rings (SSSR count). The number of nitrogens with one attached hydrogen (secondary N) is 1. The zero-order valence-corrected chi connectivity index (χ0v) is 13.1. The van der Waals surface area contributed by atoms with E-state index in [1.807, 2.05) is 0 Å². The second-order valence-corrected chi connectivity index (χ2v) is 5.54. The molecule has 1 fully saturated rings. The Bertz CT molecular complexity index is 676. The lowest BCUT2D eigenvalue weighted by molar-refractivity contribution is 0.0238. The topological polar surface area (TPSA) is 73.3 Å². The number of nitrogens with zero attached hydrogens (tertiary/aromatic N) is 2. The SMILES string of the molecule is O=C(Nc1cccnc1)c1cnc(OC2CCOCC2)c(Cl)c1. The van der Waals surface area contributed by atoms with Crippen molar-refractivity contribution < 1.29 is 14.3 Å². The predicted molar refractivity (Wildman–Crippen MR) is 85.9 cm³/mol. The van der Waals surface area contributed by atoms with Crippen LogP contribution in [0, 0.1) is 0 Å². The zero-order chi connectivity index (χ0) is 16.1. The summed E-state index contributed by atoms with van der Waals surface area (Å²) in [5.41, 5.74) is 0.967.